The molecule has 0 saturated carbocycles. The van der Waals surface area contributed by atoms with Crippen molar-refractivity contribution in [3.8, 4) is 0 Å². The first-order chi connectivity index (χ1) is 7.83. The van der Waals surface area contributed by atoms with Gasteiger partial charge >= 0.3 is 5.97 Å². The highest BCUT2D eigenvalue weighted by Gasteiger charge is 2.55. The highest BCUT2D eigenvalue weighted by Crippen LogP contribution is 2.38. The van der Waals surface area contributed by atoms with Gasteiger partial charge in [-0.25, -0.2) is 4.79 Å². The van der Waals surface area contributed by atoms with E-state index in [1.54, 1.807) is 0 Å². The Morgan fingerprint density at radius 2 is 2.18 bits per heavy atom. The molecule has 17 heavy (non-hydrogen) atoms. The fourth-order valence-corrected chi connectivity index (χ4v) is 2.20. The monoisotopic (exact) mass is 243 g/mol. The molecule has 0 aromatic carbocycles. The molecule has 0 aliphatic carbocycles. The summed E-state index contributed by atoms with van der Waals surface area (Å²) in [7, 11) is 1.33. The molecule has 1 rings (SSSR count). The molecular weight excluding hydrogens is 222 g/mol. The number of hydrogen-bond acceptors (Lipinski definition) is 4. The molecule has 0 aromatic rings. The zero-order valence-electron chi connectivity index (χ0n) is 11.1. The van der Waals surface area contributed by atoms with E-state index in [9.17, 15) is 9.59 Å². The maximum atomic E-state index is 11.9. The van der Waals surface area contributed by atoms with E-state index in [1.807, 2.05) is 27.7 Å². The largest absolute Gasteiger partial charge is 0.467 e. The van der Waals surface area contributed by atoms with Crippen LogP contribution in [-0.4, -0.2) is 42.8 Å². The van der Waals surface area contributed by atoms with Gasteiger partial charge in [0.25, 0.3) is 0 Å². The second kappa shape index (κ2) is 4.64. The Morgan fingerprint density at radius 1 is 1.59 bits per heavy atom. The molecule has 5 heteroatoms. The van der Waals surface area contributed by atoms with Gasteiger partial charge in [-0.3, -0.25) is 9.69 Å². The Labute approximate surface area is 102 Å². The zero-order valence-corrected chi connectivity index (χ0v) is 11.1. The average molecular weight is 243 g/mol. The van der Waals surface area contributed by atoms with Gasteiger partial charge in [0, 0.05) is 5.41 Å². The van der Waals surface area contributed by atoms with Crippen LogP contribution in [0.3, 0.4) is 0 Å². The summed E-state index contributed by atoms with van der Waals surface area (Å²) >= 11 is 0. The van der Waals surface area contributed by atoms with Gasteiger partial charge in [0.1, 0.15) is 6.23 Å². The summed E-state index contributed by atoms with van der Waals surface area (Å²) in [6.45, 7) is 7.95. The van der Waals surface area contributed by atoms with Crippen LogP contribution in [0.2, 0.25) is 0 Å². The van der Waals surface area contributed by atoms with E-state index in [4.69, 9.17) is 9.47 Å². The Hall–Kier alpha value is -1.10. The Morgan fingerprint density at radius 3 is 2.53 bits per heavy atom. The number of ether oxygens (including phenoxy) is 2. The van der Waals surface area contributed by atoms with E-state index in [0.717, 1.165) is 0 Å². The van der Waals surface area contributed by atoms with Gasteiger partial charge in [0.2, 0.25) is 6.41 Å². The van der Waals surface area contributed by atoms with E-state index in [-0.39, 0.29) is 12.0 Å². The minimum Gasteiger partial charge on any atom is -0.467 e. The van der Waals surface area contributed by atoms with Crippen molar-refractivity contribution < 1.29 is 19.1 Å². The molecule has 1 aliphatic rings. The van der Waals surface area contributed by atoms with Gasteiger partial charge in [-0.05, 0) is 6.42 Å². The van der Waals surface area contributed by atoms with Crippen molar-refractivity contribution >= 4 is 12.4 Å². The van der Waals surface area contributed by atoms with E-state index in [1.165, 1.54) is 12.0 Å². The zero-order chi connectivity index (χ0) is 13.3. The summed E-state index contributed by atoms with van der Waals surface area (Å²) in [6, 6.07) is 0. The standard InChI is InChI=1S/C12H21NO4/c1-6-12(10(15)16-5)7-17-9(11(2,3)4)13(12)8-14/h8-9H,6-7H2,1-5H3/t9-,12-/m1/s1. The van der Waals surface area contributed by atoms with Gasteiger partial charge in [0.05, 0.1) is 13.7 Å². The van der Waals surface area contributed by atoms with Crippen molar-refractivity contribution in [2.75, 3.05) is 13.7 Å². The van der Waals surface area contributed by atoms with Gasteiger partial charge in [0.15, 0.2) is 5.54 Å². The van der Waals surface area contributed by atoms with Crippen LogP contribution in [0, 0.1) is 5.41 Å². The van der Waals surface area contributed by atoms with E-state index in [2.05, 4.69) is 0 Å². The van der Waals surface area contributed by atoms with Crippen molar-refractivity contribution in [1.29, 1.82) is 0 Å². The summed E-state index contributed by atoms with van der Waals surface area (Å²) in [5.41, 5.74) is -1.22. The van der Waals surface area contributed by atoms with E-state index < -0.39 is 17.7 Å². The topological polar surface area (TPSA) is 55.8 Å². The smallest absolute Gasteiger partial charge is 0.334 e. The molecule has 1 aliphatic heterocycles. The maximum Gasteiger partial charge on any atom is 0.334 e. The summed E-state index contributed by atoms with van der Waals surface area (Å²) in [5.74, 6) is -0.418. The molecule has 0 unspecified atom stereocenters. The number of amides is 1. The summed E-state index contributed by atoms with van der Waals surface area (Å²) in [5, 5.41) is 0. The van der Waals surface area contributed by atoms with Crippen LogP contribution in [0.15, 0.2) is 0 Å². The Balaban J connectivity index is 3.11. The van der Waals surface area contributed by atoms with Crippen molar-refractivity contribution in [3.05, 3.63) is 0 Å². The normalized spacial score (nSPS) is 29.2. The van der Waals surface area contributed by atoms with Gasteiger partial charge < -0.3 is 9.47 Å². The van der Waals surface area contributed by atoms with Crippen LogP contribution < -0.4 is 0 Å². The quantitative estimate of drug-likeness (QED) is 0.551. The van der Waals surface area contributed by atoms with Crippen molar-refractivity contribution in [3.63, 3.8) is 0 Å². The summed E-state index contributed by atoms with van der Waals surface area (Å²) < 4.78 is 10.4. The first kappa shape index (κ1) is 14.0. The van der Waals surface area contributed by atoms with Crippen LogP contribution >= 0.6 is 0 Å². The maximum absolute atomic E-state index is 11.9. The van der Waals surface area contributed by atoms with Crippen LogP contribution in [0.5, 0.6) is 0 Å². The minimum absolute atomic E-state index is 0.191. The minimum atomic E-state index is -0.978. The third kappa shape index (κ3) is 2.16. The van der Waals surface area contributed by atoms with Gasteiger partial charge in [-0.2, -0.15) is 0 Å². The SMILES string of the molecule is CC[C@]1(C(=O)OC)CO[C@H](C(C)(C)C)N1C=O. The molecule has 0 radical (unpaired) electrons. The summed E-state index contributed by atoms with van der Waals surface area (Å²) in [4.78, 5) is 24.7. The first-order valence-electron chi connectivity index (χ1n) is 5.77. The fourth-order valence-electron chi connectivity index (χ4n) is 2.20. The highest BCUT2D eigenvalue weighted by molar-refractivity contribution is 5.84. The fraction of sp³-hybridized carbons (Fsp3) is 0.833. The third-order valence-electron chi connectivity index (χ3n) is 3.23. The molecule has 1 saturated heterocycles. The Bertz CT molecular complexity index is 310. The first-order valence-corrected chi connectivity index (χ1v) is 5.77. The highest BCUT2D eigenvalue weighted by atomic mass is 16.5. The molecular formula is C12H21NO4. The molecule has 0 N–H and O–H groups in total. The number of rotatable bonds is 3. The van der Waals surface area contributed by atoms with Crippen LogP contribution in [0.4, 0.5) is 0 Å². The number of esters is 1. The predicted molar refractivity (Wildman–Crippen MR) is 62.1 cm³/mol. The predicted octanol–water partition coefficient (Wildman–Crippen LogP) is 1.17. The second-order valence-corrected chi connectivity index (χ2v) is 5.42. The Kier molecular flexibility index (Phi) is 3.81. The van der Waals surface area contributed by atoms with Crippen molar-refractivity contribution in [2.24, 2.45) is 5.41 Å². The van der Waals surface area contributed by atoms with E-state index in [0.29, 0.717) is 12.8 Å². The lowest BCUT2D eigenvalue weighted by Gasteiger charge is -2.37. The summed E-state index contributed by atoms with van der Waals surface area (Å²) in [6.07, 6.45) is 0.757. The molecule has 2 atom stereocenters. The van der Waals surface area contributed by atoms with Gasteiger partial charge in [-0.1, -0.05) is 27.7 Å². The number of methoxy groups -OCH3 is 1. The van der Waals surface area contributed by atoms with Crippen LogP contribution in [-0.2, 0) is 19.1 Å². The molecule has 0 bridgehead atoms. The van der Waals surface area contributed by atoms with E-state index >= 15 is 0 Å². The molecule has 1 fully saturated rings. The lowest BCUT2D eigenvalue weighted by atomic mass is 9.90. The molecule has 5 nitrogen and oxygen atoms in total. The number of carbonyl (C=O) groups excluding carboxylic acids is 2. The third-order valence-corrected chi connectivity index (χ3v) is 3.23. The molecule has 0 spiro atoms. The van der Waals surface area contributed by atoms with Crippen molar-refractivity contribution in [2.45, 2.75) is 45.9 Å². The molecule has 98 valence electrons. The lowest BCUT2D eigenvalue weighted by Crippen LogP contribution is -2.56. The number of hydrogen-bond donors (Lipinski definition) is 0. The molecule has 0 aromatic heterocycles. The van der Waals surface area contributed by atoms with Crippen LogP contribution in [0.25, 0.3) is 0 Å². The number of carbonyl (C=O) groups is 2. The van der Waals surface area contributed by atoms with Crippen LogP contribution in [0.1, 0.15) is 34.1 Å². The lowest BCUT2D eigenvalue weighted by molar-refractivity contribution is -0.158. The second-order valence-electron chi connectivity index (χ2n) is 5.42. The molecule has 1 amide bonds. The van der Waals surface area contributed by atoms with Gasteiger partial charge in [-0.15, -0.1) is 0 Å². The average Bonchev–Trinajstić information content (AvgIpc) is 2.67. The molecule has 1 heterocycles. The van der Waals surface area contributed by atoms with Crippen molar-refractivity contribution in [1.82, 2.24) is 4.90 Å². The number of nitrogens with zero attached hydrogens (tertiary/aromatic N) is 1.